The lowest BCUT2D eigenvalue weighted by molar-refractivity contribution is -0.138. The number of aliphatic hydroxyl groups excluding tert-OH is 1. The first-order valence-electron chi connectivity index (χ1n) is 6.70. The molecule has 1 aliphatic rings. The van der Waals surface area contributed by atoms with Crippen LogP contribution in [0.1, 0.15) is 51.4 Å². The number of alkyl halides is 3. The predicted octanol–water partition coefficient (Wildman–Crippen LogP) is 3.34. The van der Waals surface area contributed by atoms with Gasteiger partial charge in [-0.25, -0.2) is 0 Å². The van der Waals surface area contributed by atoms with Crippen LogP contribution in [-0.2, 0) is 0 Å². The molecule has 0 spiro atoms. The molecule has 0 bridgehead atoms. The fraction of sp³-hybridized carbons (Fsp3) is 1.00. The van der Waals surface area contributed by atoms with Gasteiger partial charge in [0.05, 0.1) is 6.10 Å². The summed E-state index contributed by atoms with van der Waals surface area (Å²) in [4.78, 5) is 2.00. The molecule has 1 N–H and O–H groups in total. The van der Waals surface area contributed by atoms with Crippen molar-refractivity contribution in [2.24, 2.45) is 0 Å². The van der Waals surface area contributed by atoms with Crippen LogP contribution in [0.15, 0.2) is 0 Å². The SMILES string of the molecule is CN(C)C1(C(O)CCCC(F)(F)F)CCCCC1. The van der Waals surface area contributed by atoms with E-state index in [1.807, 2.05) is 19.0 Å². The Hall–Kier alpha value is -0.290. The summed E-state index contributed by atoms with van der Waals surface area (Å²) in [6.45, 7) is 0. The second kappa shape index (κ2) is 6.24. The molecule has 0 aromatic rings. The molecule has 1 unspecified atom stereocenters. The quantitative estimate of drug-likeness (QED) is 0.825. The van der Waals surface area contributed by atoms with Crippen LogP contribution in [0.3, 0.4) is 0 Å². The summed E-state index contributed by atoms with van der Waals surface area (Å²) < 4.78 is 36.3. The van der Waals surface area contributed by atoms with E-state index in [-0.39, 0.29) is 18.4 Å². The molecule has 1 rings (SSSR count). The molecule has 0 aromatic carbocycles. The largest absolute Gasteiger partial charge is 0.391 e. The number of nitrogens with zero attached hydrogens (tertiary/aromatic N) is 1. The number of hydrogen-bond acceptors (Lipinski definition) is 2. The van der Waals surface area contributed by atoms with E-state index in [9.17, 15) is 18.3 Å². The third-order valence-electron chi connectivity index (χ3n) is 4.17. The smallest absolute Gasteiger partial charge is 0.389 e. The average molecular weight is 267 g/mol. The van der Waals surface area contributed by atoms with Crippen molar-refractivity contribution >= 4 is 0 Å². The topological polar surface area (TPSA) is 23.5 Å². The van der Waals surface area contributed by atoms with Gasteiger partial charge in [-0.15, -0.1) is 0 Å². The van der Waals surface area contributed by atoms with Crippen LogP contribution in [-0.4, -0.2) is 41.9 Å². The minimum atomic E-state index is -4.11. The molecular formula is C13H24F3NO. The van der Waals surface area contributed by atoms with E-state index in [0.29, 0.717) is 0 Å². The molecule has 0 amide bonds. The van der Waals surface area contributed by atoms with Crippen molar-refractivity contribution in [3.8, 4) is 0 Å². The molecule has 2 nitrogen and oxygen atoms in total. The van der Waals surface area contributed by atoms with Crippen molar-refractivity contribution in [2.75, 3.05) is 14.1 Å². The number of rotatable bonds is 5. The van der Waals surface area contributed by atoms with E-state index < -0.39 is 18.7 Å². The van der Waals surface area contributed by atoms with Crippen LogP contribution in [0.2, 0.25) is 0 Å². The van der Waals surface area contributed by atoms with Crippen LogP contribution >= 0.6 is 0 Å². The van der Waals surface area contributed by atoms with E-state index in [1.165, 1.54) is 0 Å². The summed E-state index contributed by atoms with van der Waals surface area (Å²) in [5.74, 6) is 0. The maximum Gasteiger partial charge on any atom is 0.389 e. The van der Waals surface area contributed by atoms with Crippen LogP contribution in [0, 0.1) is 0 Å². The first-order chi connectivity index (χ1) is 8.28. The average Bonchev–Trinajstić information content (AvgIpc) is 2.27. The van der Waals surface area contributed by atoms with Crippen molar-refractivity contribution in [3.63, 3.8) is 0 Å². The Morgan fingerprint density at radius 2 is 1.72 bits per heavy atom. The van der Waals surface area contributed by atoms with Gasteiger partial charge < -0.3 is 10.0 Å². The molecule has 1 saturated carbocycles. The van der Waals surface area contributed by atoms with E-state index in [0.717, 1.165) is 32.1 Å². The summed E-state index contributed by atoms with van der Waals surface area (Å²) in [5, 5.41) is 10.3. The van der Waals surface area contributed by atoms with Crippen LogP contribution in [0.5, 0.6) is 0 Å². The fourth-order valence-electron chi connectivity index (χ4n) is 3.01. The lowest BCUT2D eigenvalue weighted by Crippen LogP contribution is -2.54. The van der Waals surface area contributed by atoms with Crippen LogP contribution in [0.4, 0.5) is 13.2 Å². The number of halogens is 3. The highest BCUT2D eigenvalue weighted by Crippen LogP contribution is 2.37. The van der Waals surface area contributed by atoms with Gasteiger partial charge in [0.1, 0.15) is 0 Å². The molecule has 5 heteroatoms. The molecule has 0 saturated heterocycles. The van der Waals surface area contributed by atoms with Gasteiger partial charge in [0.25, 0.3) is 0 Å². The zero-order valence-corrected chi connectivity index (χ0v) is 11.3. The second-order valence-corrected chi connectivity index (χ2v) is 5.58. The normalized spacial score (nSPS) is 22.2. The molecule has 1 fully saturated rings. The van der Waals surface area contributed by atoms with Gasteiger partial charge in [-0.1, -0.05) is 19.3 Å². The van der Waals surface area contributed by atoms with Crippen molar-refractivity contribution in [3.05, 3.63) is 0 Å². The summed E-state index contributed by atoms with van der Waals surface area (Å²) in [6, 6.07) is 0. The third-order valence-corrected chi connectivity index (χ3v) is 4.17. The highest BCUT2D eigenvalue weighted by atomic mass is 19.4. The minimum absolute atomic E-state index is 0.0141. The molecule has 0 aromatic heterocycles. The summed E-state index contributed by atoms with van der Waals surface area (Å²) in [6.07, 6.45) is -0.299. The minimum Gasteiger partial charge on any atom is -0.391 e. The molecular weight excluding hydrogens is 243 g/mol. The lowest BCUT2D eigenvalue weighted by Gasteiger charge is -2.46. The Morgan fingerprint density at radius 3 is 2.17 bits per heavy atom. The predicted molar refractivity (Wildman–Crippen MR) is 65.4 cm³/mol. The zero-order chi connectivity index (χ0) is 13.8. The standard InChI is InChI=1S/C13H24F3NO/c1-17(2)12(8-4-3-5-9-12)11(18)7-6-10-13(14,15)16/h11,18H,3-10H2,1-2H3. The van der Waals surface area contributed by atoms with E-state index in [4.69, 9.17) is 0 Å². The highest BCUT2D eigenvalue weighted by Gasteiger charge is 2.41. The Bertz CT molecular complexity index is 247. The van der Waals surface area contributed by atoms with E-state index in [1.54, 1.807) is 0 Å². The monoisotopic (exact) mass is 267 g/mol. The van der Waals surface area contributed by atoms with Gasteiger partial charge in [-0.3, -0.25) is 0 Å². The lowest BCUT2D eigenvalue weighted by atomic mass is 9.75. The van der Waals surface area contributed by atoms with Gasteiger partial charge in [0.15, 0.2) is 0 Å². The molecule has 1 atom stereocenters. The second-order valence-electron chi connectivity index (χ2n) is 5.58. The Kier molecular flexibility index (Phi) is 5.46. The first kappa shape index (κ1) is 15.8. The van der Waals surface area contributed by atoms with Gasteiger partial charge in [-0.05, 0) is 39.8 Å². The summed E-state index contributed by atoms with van der Waals surface area (Å²) in [7, 11) is 3.83. The number of likely N-dealkylation sites (N-methyl/N-ethyl adjacent to an activating group) is 1. The zero-order valence-electron chi connectivity index (χ0n) is 11.3. The van der Waals surface area contributed by atoms with E-state index >= 15 is 0 Å². The summed E-state index contributed by atoms with van der Waals surface area (Å²) >= 11 is 0. The Labute approximate surface area is 107 Å². The molecule has 0 aliphatic heterocycles. The van der Waals surface area contributed by atoms with Crippen molar-refractivity contribution in [2.45, 2.75) is 69.2 Å². The van der Waals surface area contributed by atoms with E-state index in [2.05, 4.69) is 0 Å². The van der Waals surface area contributed by atoms with Crippen LogP contribution in [0.25, 0.3) is 0 Å². The van der Waals surface area contributed by atoms with Crippen molar-refractivity contribution < 1.29 is 18.3 Å². The first-order valence-corrected chi connectivity index (χ1v) is 6.70. The van der Waals surface area contributed by atoms with Crippen molar-refractivity contribution in [1.29, 1.82) is 0 Å². The van der Waals surface area contributed by atoms with Crippen molar-refractivity contribution in [1.82, 2.24) is 4.90 Å². The molecule has 0 heterocycles. The Balaban J connectivity index is 2.52. The maximum atomic E-state index is 12.1. The van der Waals surface area contributed by atoms with Gasteiger partial charge in [0, 0.05) is 12.0 Å². The number of hydrogen-bond donors (Lipinski definition) is 1. The number of aliphatic hydroxyl groups is 1. The molecule has 1 aliphatic carbocycles. The highest BCUT2D eigenvalue weighted by molar-refractivity contribution is 4.96. The molecule has 108 valence electrons. The van der Waals surface area contributed by atoms with Crippen LogP contribution < -0.4 is 0 Å². The van der Waals surface area contributed by atoms with Gasteiger partial charge >= 0.3 is 6.18 Å². The maximum absolute atomic E-state index is 12.1. The molecule has 18 heavy (non-hydrogen) atoms. The Morgan fingerprint density at radius 1 is 1.17 bits per heavy atom. The molecule has 0 radical (unpaired) electrons. The third kappa shape index (κ3) is 4.12. The fourth-order valence-corrected chi connectivity index (χ4v) is 3.01. The van der Waals surface area contributed by atoms with Gasteiger partial charge in [-0.2, -0.15) is 13.2 Å². The summed E-state index contributed by atoms with van der Waals surface area (Å²) in [5.41, 5.74) is -0.316. The van der Waals surface area contributed by atoms with Gasteiger partial charge in [0.2, 0.25) is 0 Å².